The smallest absolute Gasteiger partial charge is 0.374 e. The molecule has 33 heavy (non-hydrogen) atoms. The molecule has 0 saturated heterocycles. The fourth-order valence-corrected chi connectivity index (χ4v) is 3.98. The van der Waals surface area contributed by atoms with Crippen LogP contribution in [0, 0.1) is 11.7 Å². The van der Waals surface area contributed by atoms with Gasteiger partial charge in [-0.25, -0.2) is 13.3 Å². The Kier molecular flexibility index (Phi) is 4.59. The maximum atomic E-state index is 15.2. The van der Waals surface area contributed by atoms with Crippen molar-refractivity contribution in [3.05, 3.63) is 42.0 Å². The average Bonchev–Trinajstić information content (AvgIpc) is 3.10. The lowest BCUT2D eigenvalue weighted by atomic mass is 9.94. The van der Waals surface area contributed by atoms with Gasteiger partial charge in [0, 0.05) is 37.3 Å². The zero-order chi connectivity index (χ0) is 23.7. The molecule has 172 valence electrons. The summed E-state index contributed by atoms with van der Waals surface area (Å²) < 4.78 is 71.9. The number of carbonyl (C=O) groups excluding carboxylic acids is 1. The van der Waals surface area contributed by atoms with Crippen molar-refractivity contribution in [3.63, 3.8) is 0 Å². The van der Waals surface area contributed by atoms with Gasteiger partial charge in [0.1, 0.15) is 11.7 Å². The fourth-order valence-electron chi connectivity index (χ4n) is 3.98. The van der Waals surface area contributed by atoms with Gasteiger partial charge in [-0.1, -0.05) is 0 Å². The Labute approximate surface area is 183 Å². The van der Waals surface area contributed by atoms with Crippen LogP contribution in [0.1, 0.15) is 12.0 Å². The molecule has 3 heterocycles. The zero-order valence-corrected chi connectivity index (χ0v) is 17.3. The van der Waals surface area contributed by atoms with Crippen LogP contribution in [0.5, 0.6) is 0 Å². The van der Waals surface area contributed by atoms with Crippen molar-refractivity contribution in [1.29, 1.82) is 0 Å². The Balaban J connectivity index is 1.67. The minimum atomic E-state index is -4.98. The molecule has 7 nitrogen and oxygen atoms in total. The number of hydrogen-bond donors (Lipinski definition) is 2. The van der Waals surface area contributed by atoms with Crippen molar-refractivity contribution in [2.24, 2.45) is 5.92 Å². The standard InChI is InChI=1S/C21H17F5N6O/c1-31(2)19-17(23)16(21(24,25)26)15(12-8-27-29-18(12)19)9-3-4-32-10(5-9)6-14(30-32)28-20(33)11-7-13(11)22/h3-6,8,11,13H,7H2,1-2H3,(H,27,29)(H,28,30,33)/t11-,13+/m1/s1. The summed E-state index contributed by atoms with van der Waals surface area (Å²) >= 11 is 0. The maximum Gasteiger partial charge on any atom is 0.419 e. The number of nitrogens with zero attached hydrogens (tertiary/aromatic N) is 4. The van der Waals surface area contributed by atoms with E-state index in [9.17, 15) is 22.4 Å². The zero-order valence-electron chi connectivity index (χ0n) is 17.3. The second kappa shape index (κ2) is 7.15. The number of pyridine rings is 1. The Morgan fingerprint density at radius 3 is 2.67 bits per heavy atom. The number of benzene rings is 1. The van der Waals surface area contributed by atoms with Crippen LogP contribution in [0.3, 0.4) is 0 Å². The molecule has 3 aromatic heterocycles. The lowest BCUT2D eigenvalue weighted by Gasteiger charge is -2.21. The number of alkyl halides is 4. The van der Waals surface area contributed by atoms with E-state index in [1.54, 1.807) is 0 Å². The number of fused-ring (bicyclic) bond motifs is 2. The summed E-state index contributed by atoms with van der Waals surface area (Å²) in [5, 5.41) is 13.2. The van der Waals surface area contributed by atoms with Crippen molar-refractivity contribution < 1.29 is 26.7 Å². The Bertz CT molecular complexity index is 1410. The number of aromatic nitrogens is 4. The summed E-state index contributed by atoms with van der Waals surface area (Å²) in [4.78, 5) is 13.2. The van der Waals surface area contributed by atoms with Crippen molar-refractivity contribution in [2.45, 2.75) is 18.8 Å². The molecule has 0 bridgehead atoms. The van der Waals surface area contributed by atoms with Crippen molar-refractivity contribution >= 4 is 33.8 Å². The quantitative estimate of drug-likeness (QED) is 0.439. The number of carbonyl (C=O) groups is 1. The Morgan fingerprint density at radius 1 is 1.30 bits per heavy atom. The number of H-pyrrole nitrogens is 1. The van der Waals surface area contributed by atoms with E-state index >= 15 is 4.39 Å². The van der Waals surface area contributed by atoms with Crippen LogP contribution in [0.15, 0.2) is 30.6 Å². The minimum Gasteiger partial charge on any atom is -0.374 e. The number of hydrogen-bond acceptors (Lipinski definition) is 4. The summed E-state index contributed by atoms with van der Waals surface area (Å²) in [7, 11) is 2.89. The Morgan fingerprint density at radius 2 is 2.03 bits per heavy atom. The molecule has 1 aliphatic carbocycles. The largest absolute Gasteiger partial charge is 0.419 e. The molecule has 0 radical (unpaired) electrons. The maximum absolute atomic E-state index is 15.2. The van der Waals surface area contributed by atoms with Crippen LogP contribution < -0.4 is 10.2 Å². The van der Waals surface area contributed by atoms with Crippen LogP contribution in [-0.2, 0) is 11.0 Å². The molecule has 1 aromatic carbocycles. The second-order valence-corrected chi connectivity index (χ2v) is 8.13. The highest BCUT2D eigenvalue weighted by molar-refractivity contribution is 6.04. The lowest BCUT2D eigenvalue weighted by Crippen LogP contribution is -2.17. The minimum absolute atomic E-state index is 0.0919. The van der Waals surface area contributed by atoms with Gasteiger partial charge in [0.25, 0.3) is 0 Å². The third-order valence-electron chi connectivity index (χ3n) is 5.61. The lowest BCUT2D eigenvalue weighted by molar-refractivity contribution is -0.139. The van der Waals surface area contributed by atoms with Gasteiger partial charge in [-0.2, -0.15) is 23.4 Å². The summed E-state index contributed by atoms with van der Waals surface area (Å²) in [6.45, 7) is 0. The summed E-state index contributed by atoms with van der Waals surface area (Å²) in [6.07, 6.45) is -3.37. The van der Waals surface area contributed by atoms with E-state index < -0.39 is 35.6 Å². The van der Waals surface area contributed by atoms with Crippen LogP contribution in [0.4, 0.5) is 33.5 Å². The molecule has 1 saturated carbocycles. The fraction of sp³-hybridized carbons (Fsp3) is 0.286. The highest BCUT2D eigenvalue weighted by atomic mass is 19.4. The van der Waals surface area contributed by atoms with Gasteiger partial charge >= 0.3 is 6.18 Å². The number of nitrogens with one attached hydrogen (secondary N) is 2. The van der Waals surface area contributed by atoms with E-state index in [0.717, 1.165) is 0 Å². The Hall–Kier alpha value is -3.70. The van der Waals surface area contributed by atoms with Crippen LogP contribution >= 0.6 is 0 Å². The van der Waals surface area contributed by atoms with Gasteiger partial charge in [0.05, 0.1) is 28.8 Å². The SMILES string of the molecule is CN(C)c1c(F)c(C(F)(F)F)c(-c2ccn3nc(NC(=O)[C@@H]4C[C@@H]4F)cc3c2)c2cn[nH]c12. The molecule has 0 spiro atoms. The number of rotatable bonds is 4. The summed E-state index contributed by atoms with van der Waals surface area (Å²) in [5.74, 6) is -2.50. The molecule has 4 aromatic rings. The molecular weight excluding hydrogens is 447 g/mol. The first-order chi connectivity index (χ1) is 15.6. The summed E-state index contributed by atoms with van der Waals surface area (Å²) in [5.41, 5.74) is -1.43. The van der Waals surface area contributed by atoms with Crippen LogP contribution in [0.2, 0.25) is 0 Å². The predicted octanol–water partition coefficient (Wildman–Crippen LogP) is 4.40. The predicted molar refractivity (Wildman–Crippen MR) is 111 cm³/mol. The first-order valence-corrected chi connectivity index (χ1v) is 9.94. The van der Waals surface area contributed by atoms with E-state index in [-0.39, 0.29) is 40.0 Å². The molecule has 1 amide bonds. The topological polar surface area (TPSA) is 78.3 Å². The molecular formula is C21H17F5N6O. The van der Waals surface area contributed by atoms with Gasteiger partial charge < -0.3 is 10.2 Å². The van der Waals surface area contributed by atoms with Gasteiger partial charge in [-0.3, -0.25) is 9.89 Å². The van der Waals surface area contributed by atoms with Crippen LogP contribution in [0.25, 0.3) is 27.5 Å². The van der Waals surface area contributed by atoms with E-state index in [0.29, 0.717) is 5.52 Å². The van der Waals surface area contributed by atoms with Gasteiger partial charge in [0.2, 0.25) is 5.91 Å². The van der Waals surface area contributed by atoms with E-state index in [1.165, 1.54) is 54.1 Å². The number of anilines is 2. The van der Waals surface area contributed by atoms with E-state index in [2.05, 4.69) is 20.6 Å². The number of amides is 1. The molecule has 12 heteroatoms. The number of halogens is 5. The summed E-state index contributed by atoms with van der Waals surface area (Å²) in [6, 6.07) is 4.22. The first-order valence-electron chi connectivity index (χ1n) is 9.94. The van der Waals surface area contributed by atoms with Gasteiger partial charge in [-0.05, 0) is 24.1 Å². The monoisotopic (exact) mass is 464 g/mol. The molecule has 1 aliphatic rings. The highest BCUT2D eigenvalue weighted by Gasteiger charge is 2.44. The highest BCUT2D eigenvalue weighted by Crippen LogP contribution is 2.46. The van der Waals surface area contributed by atoms with Gasteiger partial charge in [0.15, 0.2) is 11.6 Å². The van der Waals surface area contributed by atoms with Crippen molar-refractivity contribution in [1.82, 2.24) is 19.8 Å². The normalized spacial score (nSPS) is 18.2. The second-order valence-electron chi connectivity index (χ2n) is 8.13. The molecule has 2 N–H and O–H groups in total. The number of aromatic amines is 1. The van der Waals surface area contributed by atoms with Crippen molar-refractivity contribution in [3.8, 4) is 11.1 Å². The molecule has 2 atom stereocenters. The third-order valence-corrected chi connectivity index (χ3v) is 5.61. The van der Waals surface area contributed by atoms with Crippen molar-refractivity contribution in [2.75, 3.05) is 24.3 Å². The molecule has 1 fully saturated rings. The first kappa shape index (κ1) is 21.2. The average molecular weight is 464 g/mol. The molecule has 0 unspecified atom stereocenters. The van der Waals surface area contributed by atoms with Gasteiger partial charge in [-0.15, -0.1) is 0 Å². The van der Waals surface area contributed by atoms with E-state index in [4.69, 9.17) is 0 Å². The van der Waals surface area contributed by atoms with Crippen LogP contribution in [-0.4, -0.2) is 46.0 Å². The van der Waals surface area contributed by atoms with E-state index in [1.807, 2.05) is 0 Å². The third kappa shape index (κ3) is 3.45. The molecule has 5 rings (SSSR count). The molecule has 0 aliphatic heterocycles.